The van der Waals surface area contributed by atoms with Gasteiger partial charge in [0.15, 0.2) is 5.78 Å². The molecule has 2 aromatic rings. The summed E-state index contributed by atoms with van der Waals surface area (Å²) in [5.74, 6) is 0.288. The minimum absolute atomic E-state index is 0.288. The number of aromatic nitrogens is 3. The van der Waals surface area contributed by atoms with Crippen LogP contribution in [-0.4, -0.2) is 20.1 Å². The first-order valence-corrected chi connectivity index (χ1v) is 5.92. The maximum atomic E-state index is 11.7. The fourth-order valence-electron chi connectivity index (χ4n) is 2.44. The van der Waals surface area contributed by atoms with Crippen LogP contribution in [0.25, 0.3) is 0 Å². The lowest BCUT2D eigenvalue weighted by Gasteiger charge is -2.07. The summed E-state index contributed by atoms with van der Waals surface area (Å²) in [4.78, 5) is 11.7. The number of aryl methyl sites for hydroxylation is 2. The van der Waals surface area contributed by atoms with Crippen molar-refractivity contribution in [2.24, 2.45) is 7.05 Å². The standard InChI is InChI=1S/C13H15N3O/c1-15-6-10(5-14-15)7-16-8-11-3-2-4-13(17)12(11)9-16/h5-6,8-9H,2-4,7H2,1H3. The van der Waals surface area contributed by atoms with Gasteiger partial charge in [-0.05, 0) is 18.4 Å². The fraction of sp³-hybridized carbons (Fsp3) is 0.385. The first-order valence-electron chi connectivity index (χ1n) is 5.92. The van der Waals surface area contributed by atoms with E-state index in [1.165, 1.54) is 5.56 Å². The van der Waals surface area contributed by atoms with Crippen LogP contribution in [0.2, 0.25) is 0 Å². The molecule has 0 saturated heterocycles. The van der Waals surface area contributed by atoms with E-state index < -0.39 is 0 Å². The largest absolute Gasteiger partial charge is 0.349 e. The van der Waals surface area contributed by atoms with Crippen LogP contribution in [-0.2, 0) is 20.0 Å². The number of fused-ring (bicyclic) bond motifs is 1. The molecule has 3 rings (SSSR count). The van der Waals surface area contributed by atoms with Crippen molar-refractivity contribution < 1.29 is 4.79 Å². The summed E-state index contributed by atoms with van der Waals surface area (Å²) in [6.45, 7) is 0.786. The lowest BCUT2D eigenvalue weighted by Crippen LogP contribution is -2.07. The fourth-order valence-corrected chi connectivity index (χ4v) is 2.44. The summed E-state index contributed by atoms with van der Waals surface area (Å²) in [7, 11) is 1.91. The van der Waals surface area contributed by atoms with Crippen molar-refractivity contribution in [3.63, 3.8) is 0 Å². The SMILES string of the molecule is Cn1cc(Cn2cc3c(c2)C(=O)CCC3)cn1. The van der Waals surface area contributed by atoms with Gasteiger partial charge in [0.2, 0.25) is 0 Å². The van der Waals surface area contributed by atoms with Gasteiger partial charge in [-0.3, -0.25) is 9.48 Å². The van der Waals surface area contributed by atoms with Crippen LogP contribution >= 0.6 is 0 Å². The molecule has 2 heterocycles. The second-order valence-corrected chi connectivity index (χ2v) is 4.67. The Morgan fingerprint density at radius 2 is 2.18 bits per heavy atom. The van der Waals surface area contributed by atoms with Crippen LogP contribution in [0, 0.1) is 0 Å². The van der Waals surface area contributed by atoms with Gasteiger partial charge in [0.1, 0.15) is 0 Å². The second-order valence-electron chi connectivity index (χ2n) is 4.67. The van der Waals surface area contributed by atoms with Gasteiger partial charge in [-0.2, -0.15) is 5.10 Å². The van der Waals surface area contributed by atoms with Crippen LogP contribution in [0.5, 0.6) is 0 Å². The van der Waals surface area contributed by atoms with Crippen molar-refractivity contribution in [2.75, 3.05) is 0 Å². The Morgan fingerprint density at radius 1 is 1.29 bits per heavy atom. The molecular weight excluding hydrogens is 214 g/mol. The predicted molar refractivity (Wildman–Crippen MR) is 64.0 cm³/mol. The van der Waals surface area contributed by atoms with Crippen molar-refractivity contribution in [3.05, 3.63) is 41.5 Å². The quantitative estimate of drug-likeness (QED) is 0.787. The Morgan fingerprint density at radius 3 is 2.88 bits per heavy atom. The Bertz CT molecular complexity index is 565. The topological polar surface area (TPSA) is 39.8 Å². The highest BCUT2D eigenvalue weighted by Gasteiger charge is 2.19. The van der Waals surface area contributed by atoms with Crippen molar-refractivity contribution in [2.45, 2.75) is 25.8 Å². The minimum atomic E-state index is 0.288. The zero-order valence-electron chi connectivity index (χ0n) is 9.89. The van der Waals surface area contributed by atoms with Crippen LogP contribution in [0.4, 0.5) is 0 Å². The summed E-state index contributed by atoms with van der Waals surface area (Å²) in [5, 5.41) is 4.15. The summed E-state index contributed by atoms with van der Waals surface area (Å²) in [6, 6.07) is 0. The summed E-state index contributed by atoms with van der Waals surface area (Å²) >= 11 is 0. The Balaban J connectivity index is 1.87. The first-order chi connectivity index (χ1) is 8.22. The lowest BCUT2D eigenvalue weighted by atomic mass is 9.95. The van der Waals surface area contributed by atoms with Gasteiger partial charge in [0.25, 0.3) is 0 Å². The van der Waals surface area contributed by atoms with Gasteiger partial charge in [-0.1, -0.05) is 0 Å². The molecule has 17 heavy (non-hydrogen) atoms. The number of Topliss-reactive ketones (excluding diaryl/α,β-unsaturated/α-hetero) is 1. The van der Waals surface area contributed by atoms with Crippen LogP contribution in [0.15, 0.2) is 24.8 Å². The summed E-state index contributed by atoms with van der Waals surface area (Å²) in [6.07, 6.45) is 10.7. The normalized spacial score (nSPS) is 15.0. The Labute approximate surface area is 99.9 Å². The summed E-state index contributed by atoms with van der Waals surface area (Å²) < 4.78 is 3.88. The van der Waals surface area contributed by atoms with E-state index >= 15 is 0 Å². The van der Waals surface area contributed by atoms with E-state index in [1.807, 2.05) is 25.6 Å². The van der Waals surface area contributed by atoms with E-state index in [0.717, 1.165) is 30.5 Å². The van der Waals surface area contributed by atoms with Crippen molar-refractivity contribution >= 4 is 5.78 Å². The molecule has 0 saturated carbocycles. The average molecular weight is 229 g/mol. The molecule has 0 unspecified atom stereocenters. The molecule has 0 fully saturated rings. The number of carbonyl (C=O) groups excluding carboxylic acids is 1. The van der Waals surface area contributed by atoms with E-state index in [1.54, 1.807) is 4.68 Å². The lowest BCUT2D eigenvalue weighted by molar-refractivity contribution is 0.0973. The van der Waals surface area contributed by atoms with Gasteiger partial charge in [0.05, 0.1) is 12.7 Å². The van der Waals surface area contributed by atoms with E-state index in [2.05, 4.69) is 15.9 Å². The molecule has 0 spiro atoms. The molecule has 2 aromatic heterocycles. The van der Waals surface area contributed by atoms with Gasteiger partial charge in [-0.15, -0.1) is 0 Å². The monoisotopic (exact) mass is 229 g/mol. The van der Waals surface area contributed by atoms with E-state index in [9.17, 15) is 4.79 Å². The summed E-state index contributed by atoms with van der Waals surface area (Å²) in [5.41, 5.74) is 3.28. The van der Waals surface area contributed by atoms with E-state index in [4.69, 9.17) is 0 Å². The predicted octanol–water partition coefficient (Wildman–Crippen LogP) is 1.79. The molecule has 4 nitrogen and oxygen atoms in total. The molecule has 0 aromatic carbocycles. The van der Waals surface area contributed by atoms with Crippen LogP contribution < -0.4 is 0 Å². The molecule has 88 valence electrons. The Kier molecular flexibility index (Phi) is 2.35. The molecule has 1 aliphatic carbocycles. The van der Waals surface area contributed by atoms with E-state index in [0.29, 0.717) is 6.42 Å². The van der Waals surface area contributed by atoms with Gasteiger partial charge in [0, 0.05) is 43.2 Å². The van der Waals surface area contributed by atoms with Crippen LogP contribution in [0.1, 0.15) is 34.3 Å². The minimum Gasteiger partial charge on any atom is -0.349 e. The molecule has 1 aliphatic rings. The number of nitrogens with zero attached hydrogens (tertiary/aromatic N) is 3. The van der Waals surface area contributed by atoms with E-state index in [-0.39, 0.29) is 5.78 Å². The number of carbonyl (C=O) groups is 1. The van der Waals surface area contributed by atoms with Crippen molar-refractivity contribution in [1.82, 2.24) is 14.3 Å². The van der Waals surface area contributed by atoms with Gasteiger partial charge >= 0.3 is 0 Å². The number of hydrogen-bond donors (Lipinski definition) is 0. The third-order valence-corrected chi connectivity index (χ3v) is 3.24. The molecule has 0 bridgehead atoms. The zero-order valence-corrected chi connectivity index (χ0v) is 9.89. The molecule has 0 amide bonds. The average Bonchev–Trinajstić information content (AvgIpc) is 2.86. The van der Waals surface area contributed by atoms with Crippen molar-refractivity contribution in [1.29, 1.82) is 0 Å². The third-order valence-electron chi connectivity index (χ3n) is 3.24. The highest BCUT2D eigenvalue weighted by Crippen LogP contribution is 2.22. The molecule has 0 N–H and O–H groups in total. The Hall–Kier alpha value is -1.84. The van der Waals surface area contributed by atoms with Crippen molar-refractivity contribution in [3.8, 4) is 0 Å². The van der Waals surface area contributed by atoms with Gasteiger partial charge < -0.3 is 4.57 Å². The highest BCUT2D eigenvalue weighted by molar-refractivity contribution is 5.98. The van der Waals surface area contributed by atoms with Crippen LogP contribution in [0.3, 0.4) is 0 Å². The molecule has 0 atom stereocenters. The third kappa shape index (κ3) is 1.90. The smallest absolute Gasteiger partial charge is 0.164 e. The maximum Gasteiger partial charge on any atom is 0.164 e. The number of ketones is 1. The molecule has 0 radical (unpaired) electrons. The molecular formula is C13H15N3O. The second kappa shape index (κ2) is 3.87. The maximum absolute atomic E-state index is 11.7. The first kappa shape index (κ1) is 10.3. The zero-order chi connectivity index (χ0) is 11.8. The number of rotatable bonds is 2. The highest BCUT2D eigenvalue weighted by atomic mass is 16.1. The van der Waals surface area contributed by atoms with Gasteiger partial charge in [-0.25, -0.2) is 0 Å². The molecule has 0 aliphatic heterocycles. The molecule has 4 heteroatoms. The number of hydrogen-bond acceptors (Lipinski definition) is 2.